The van der Waals surface area contributed by atoms with E-state index in [0.717, 1.165) is 17.2 Å². The van der Waals surface area contributed by atoms with E-state index in [1.165, 1.54) is 13.2 Å². The molecule has 160 valence electrons. The summed E-state index contributed by atoms with van der Waals surface area (Å²) in [4.78, 5) is 12.7. The second-order valence-electron chi connectivity index (χ2n) is 7.14. The molecule has 0 aromatic heterocycles. The van der Waals surface area contributed by atoms with E-state index in [1.54, 1.807) is 42.5 Å². The van der Waals surface area contributed by atoms with E-state index < -0.39 is 29.2 Å². The standard InChI is InChI=1S/C24H23F2N3O2/c1-14-4-3-5-17(12-14)18-10-11-19(25)20(21(18)26)22(31-2)24(30)29-13-15-6-8-16(9-7-15)23(27)28/h3-12,22H,13H2,1-2H3,(H3,27,28)(H,29,30)/t22-/m0/s1. The number of amides is 1. The molecule has 3 aromatic rings. The van der Waals surface area contributed by atoms with Gasteiger partial charge in [0.1, 0.15) is 17.5 Å². The first-order valence-corrected chi connectivity index (χ1v) is 9.60. The predicted molar refractivity (Wildman–Crippen MR) is 116 cm³/mol. The summed E-state index contributed by atoms with van der Waals surface area (Å²) >= 11 is 0. The maximum Gasteiger partial charge on any atom is 0.254 e. The Kier molecular flexibility index (Phi) is 6.77. The quantitative estimate of drug-likeness (QED) is 0.393. The number of amidine groups is 1. The number of methoxy groups -OCH3 is 1. The summed E-state index contributed by atoms with van der Waals surface area (Å²) in [5.41, 5.74) is 7.98. The Morgan fingerprint density at radius 3 is 2.45 bits per heavy atom. The smallest absolute Gasteiger partial charge is 0.254 e. The van der Waals surface area contributed by atoms with Crippen LogP contribution in [0, 0.1) is 24.0 Å². The number of rotatable bonds is 7. The van der Waals surface area contributed by atoms with Crippen LogP contribution in [0.5, 0.6) is 0 Å². The summed E-state index contributed by atoms with van der Waals surface area (Å²) in [5, 5.41) is 10.0. The first-order valence-electron chi connectivity index (χ1n) is 9.60. The van der Waals surface area contributed by atoms with Crippen LogP contribution in [0.1, 0.15) is 28.4 Å². The second kappa shape index (κ2) is 9.49. The maximum atomic E-state index is 15.3. The molecule has 1 atom stereocenters. The van der Waals surface area contributed by atoms with Gasteiger partial charge in [-0.05, 0) is 30.2 Å². The van der Waals surface area contributed by atoms with Crippen molar-refractivity contribution >= 4 is 11.7 Å². The topological polar surface area (TPSA) is 88.2 Å². The molecule has 0 spiro atoms. The Balaban J connectivity index is 1.84. The minimum absolute atomic E-state index is 0.0607. The van der Waals surface area contributed by atoms with Gasteiger partial charge < -0.3 is 15.8 Å². The summed E-state index contributed by atoms with van der Waals surface area (Å²) in [6, 6.07) is 16.4. The minimum atomic E-state index is -1.46. The Labute approximate surface area is 179 Å². The molecule has 0 heterocycles. The van der Waals surface area contributed by atoms with Crippen molar-refractivity contribution < 1.29 is 18.3 Å². The number of carbonyl (C=O) groups is 1. The number of nitrogen functional groups attached to an aromatic ring is 1. The van der Waals surface area contributed by atoms with Crippen LogP contribution in [-0.4, -0.2) is 18.9 Å². The highest BCUT2D eigenvalue weighted by Gasteiger charge is 2.28. The molecular formula is C24H23F2N3O2. The van der Waals surface area contributed by atoms with E-state index in [4.69, 9.17) is 15.9 Å². The molecule has 0 radical (unpaired) electrons. The number of nitrogens with two attached hydrogens (primary N) is 1. The van der Waals surface area contributed by atoms with Crippen LogP contribution < -0.4 is 11.1 Å². The Bertz CT molecular complexity index is 1110. The first kappa shape index (κ1) is 22.1. The summed E-state index contributed by atoms with van der Waals surface area (Å²) in [6.07, 6.45) is -1.46. The van der Waals surface area contributed by atoms with Gasteiger partial charge in [-0.1, -0.05) is 54.1 Å². The number of aryl methyl sites for hydroxylation is 1. The number of hydrogen-bond donors (Lipinski definition) is 3. The molecule has 7 heteroatoms. The monoisotopic (exact) mass is 423 g/mol. The van der Waals surface area contributed by atoms with Crippen LogP contribution in [0.2, 0.25) is 0 Å². The molecule has 0 aliphatic heterocycles. The van der Waals surface area contributed by atoms with Gasteiger partial charge in [0.05, 0.1) is 5.56 Å². The lowest BCUT2D eigenvalue weighted by molar-refractivity contribution is -0.131. The maximum absolute atomic E-state index is 15.3. The van der Waals surface area contributed by atoms with Crippen LogP contribution in [0.25, 0.3) is 11.1 Å². The molecule has 4 N–H and O–H groups in total. The third kappa shape index (κ3) is 4.95. The molecule has 0 bridgehead atoms. The van der Waals surface area contributed by atoms with Crippen molar-refractivity contribution in [2.75, 3.05) is 7.11 Å². The predicted octanol–water partition coefficient (Wildman–Crippen LogP) is 4.23. The van der Waals surface area contributed by atoms with E-state index in [0.29, 0.717) is 11.1 Å². The lowest BCUT2D eigenvalue weighted by Gasteiger charge is -2.19. The zero-order valence-corrected chi connectivity index (χ0v) is 17.2. The molecule has 0 saturated carbocycles. The Morgan fingerprint density at radius 1 is 1.13 bits per heavy atom. The molecule has 3 aromatic carbocycles. The van der Waals surface area contributed by atoms with Crippen LogP contribution in [-0.2, 0) is 16.1 Å². The van der Waals surface area contributed by atoms with Gasteiger partial charge in [-0.25, -0.2) is 8.78 Å². The van der Waals surface area contributed by atoms with Gasteiger partial charge in [0.15, 0.2) is 6.10 Å². The van der Waals surface area contributed by atoms with Gasteiger partial charge in [-0.3, -0.25) is 10.2 Å². The number of benzene rings is 3. The third-order valence-electron chi connectivity index (χ3n) is 4.92. The highest BCUT2D eigenvalue weighted by atomic mass is 19.1. The van der Waals surface area contributed by atoms with Gasteiger partial charge >= 0.3 is 0 Å². The van der Waals surface area contributed by atoms with Crippen LogP contribution in [0.3, 0.4) is 0 Å². The van der Waals surface area contributed by atoms with Gasteiger partial charge in [0.2, 0.25) is 0 Å². The molecule has 0 fully saturated rings. The van der Waals surface area contributed by atoms with Gasteiger partial charge in [0.25, 0.3) is 5.91 Å². The van der Waals surface area contributed by atoms with Crippen molar-refractivity contribution in [1.82, 2.24) is 5.32 Å². The molecule has 0 unspecified atom stereocenters. The van der Waals surface area contributed by atoms with Crippen LogP contribution >= 0.6 is 0 Å². The molecular weight excluding hydrogens is 400 g/mol. The Hall–Kier alpha value is -3.58. The molecule has 0 aliphatic carbocycles. The summed E-state index contributed by atoms with van der Waals surface area (Å²) in [6.45, 7) is 2.00. The van der Waals surface area contributed by atoms with Crippen LogP contribution in [0.4, 0.5) is 8.78 Å². The molecule has 1 amide bonds. The molecule has 3 rings (SSSR count). The SMILES string of the molecule is CO[C@H](C(=O)NCc1ccc(C(=N)N)cc1)c1c(F)ccc(-c2cccc(C)c2)c1F. The first-order chi connectivity index (χ1) is 14.8. The number of nitrogens with one attached hydrogen (secondary N) is 2. The van der Waals surface area contributed by atoms with Gasteiger partial charge in [-0.15, -0.1) is 0 Å². The highest BCUT2D eigenvalue weighted by molar-refractivity contribution is 5.94. The van der Waals surface area contributed by atoms with Crippen molar-refractivity contribution in [3.63, 3.8) is 0 Å². The van der Waals surface area contributed by atoms with Crippen molar-refractivity contribution in [3.8, 4) is 11.1 Å². The van der Waals surface area contributed by atoms with E-state index >= 15 is 4.39 Å². The van der Waals surface area contributed by atoms with Gasteiger partial charge in [-0.2, -0.15) is 0 Å². The van der Waals surface area contributed by atoms with E-state index in [-0.39, 0.29) is 17.9 Å². The molecule has 31 heavy (non-hydrogen) atoms. The summed E-state index contributed by atoms with van der Waals surface area (Å²) in [5.74, 6) is -2.42. The van der Waals surface area contributed by atoms with Crippen molar-refractivity contribution in [2.24, 2.45) is 5.73 Å². The van der Waals surface area contributed by atoms with Gasteiger partial charge in [0, 0.05) is 24.8 Å². The molecule has 0 aliphatic rings. The lowest BCUT2D eigenvalue weighted by Crippen LogP contribution is -2.31. The van der Waals surface area contributed by atoms with Crippen LogP contribution in [0.15, 0.2) is 60.7 Å². The molecule has 5 nitrogen and oxygen atoms in total. The van der Waals surface area contributed by atoms with Crippen molar-refractivity contribution in [2.45, 2.75) is 19.6 Å². The van der Waals surface area contributed by atoms with E-state index in [9.17, 15) is 9.18 Å². The summed E-state index contributed by atoms with van der Waals surface area (Å²) < 4.78 is 35.1. The number of hydrogen-bond acceptors (Lipinski definition) is 3. The molecule has 0 saturated heterocycles. The highest BCUT2D eigenvalue weighted by Crippen LogP contribution is 2.32. The van der Waals surface area contributed by atoms with E-state index in [2.05, 4.69) is 5.32 Å². The third-order valence-corrected chi connectivity index (χ3v) is 4.92. The normalized spacial score (nSPS) is 11.7. The fourth-order valence-electron chi connectivity index (χ4n) is 3.29. The average Bonchev–Trinajstić information content (AvgIpc) is 2.75. The van der Waals surface area contributed by atoms with E-state index in [1.807, 2.05) is 13.0 Å². The number of carbonyl (C=O) groups excluding carboxylic acids is 1. The second-order valence-corrected chi connectivity index (χ2v) is 7.14. The minimum Gasteiger partial charge on any atom is -0.384 e. The fraction of sp³-hybridized carbons (Fsp3) is 0.167. The zero-order valence-electron chi connectivity index (χ0n) is 17.2. The largest absolute Gasteiger partial charge is 0.384 e. The fourth-order valence-corrected chi connectivity index (χ4v) is 3.29. The summed E-state index contributed by atoms with van der Waals surface area (Å²) in [7, 11) is 1.23. The van der Waals surface area contributed by atoms with Crippen molar-refractivity contribution in [1.29, 1.82) is 5.41 Å². The lowest BCUT2D eigenvalue weighted by atomic mass is 9.97. The Morgan fingerprint density at radius 2 is 1.84 bits per heavy atom. The van der Waals surface area contributed by atoms with Crippen molar-refractivity contribution in [3.05, 3.63) is 94.6 Å². The average molecular weight is 423 g/mol. The number of halogens is 2. The zero-order chi connectivity index (χ0) is 22.5. The number of ether oxygens (including phenoxy) is 1.